The van der Waals surface area contributed by atoms with Crippen molar-refractivity contribution in [3.8, 4) is 17.7 Å². The van der Waals surface area contributed by atoms with Gasteiger partial charge in [-0.05, 0) is 62.4 Å². The van der Waals surface area contributed by atoms with Crippen LogP contribution in [0.3, 0.4) is 0 Å². The minimum Gasteiger partial charge on any atom is -0.478 e. The fourth-order valence-corrected chi connectivity index (χ4v) is 6.12. The van der Waals surface area contributed by atoms with Crippen LogP contribution in [0.25, 0.3) is 11.0 Å². The molecule has 1 saturated heterocycles. The van der Waals surface area contributed by atoms with E-state index in [4.69, 9.17) is 24.5 Å². The molecule has 1 N–H and O–H groups in total. The van der Waals surface area contributed by atoms with Crippen molar-refractivity contribution in [1.82, 2.24) is 14.5 Å². The number of carbonyl (C=O) groups is 1. The lowest BCUT2D eigenvalue weighted by Gasteiger charge is -2.36. The fraction of sp³-hybridized carbons (Fsp3) is 0.394. The normalized spacial score (nSPS) is 19.4. The molecule has 3 heterocycles. The van der Waals surface area contributed by atoms with Gasteiger partial charge in [-0.2, -0.15) is 14.0 Å². The Bertz CT molecular complexity index is 1780. The molecule has 2 aliphatic rings. The molecule has 1 saturated carbocycles. The van der Waals surface area contributed by atoms with Crippen molar-refractivity contribution in [3.63, 3.8) is 0 Å². The summed E-state index contributed by atoms with van der Waals surface area (Å²) in [5, 5.41) is 18.6. The molecule has 2 aromatic heterocycles. The van der Waals surface area contributed by atoms with Crippen LogP contribution in [0.2, 0.25) is 0 Å². The first-order valence-corrected chi connectivity index (χ1v) is 15.0. The van der Waals surface area contributed by atoms with E-state index in [2.05, 4.69) is 4.98 Å². The van der Waals surface area contributed by atoms with Crippen LogP contribution in [0.5, 0.6) is 11.6 Å². The number of pyridine rings is 1. The molecule has 0 unspecified atom stereocenters. The molecule has 46 heavy (non-hydrogen) atoms. The molecule has 4 aromatic rings. The van der Waals surface area contributed by atoms with Gasteiger partial charge in [0.1, 0.15) is 17.9 Å². The molecule has 0 bridgehead atoms. The monoisotopic (exact) mass is 635 g/mol. The van der Waals surface area contributed by atoms with Crippen LogP contribution in [-0.2, 0) is 17.9 Å². The second-order valence-corrected chi connectivity index (χ2v) is 11.6. The number of hydrogen-bond donors (Lipinski definition) is 1. The number of fused-ring (bicyclic) bond motifs is 1. The number of ether oxygens (including phenoxy) is 3. The van der Waals surface area contributed by atoms with Gasteiger partial charge in [-0.25, -0.2) is 19.2 Å². The number of alkyl halides is 2. The fourth-order valence-electron chi connectivity index (χ4n) is 6.12. The number of benzene rings is 2. The number of carboxylic acid groups (broad SMARTS) is 1. The highest BCUT2D eigenvalue weighted by Gasteiger charge is 2.31. The van der Waals surface area contributed by atoms with E-state index >= 15 is 0 Å². The van der Waals surface area contributed by atoms with Gasteiger partial charge in [-0.3, -0.25) is 0 Å². The second kappa shape index (κ2) is 13.3. The average Bonchev–Trinajstić information content (AvgIpc) is 3.40. The van der Waals surface area contributed by atoms with Crippen molar-refractivity contribution in [2.45, 2.75) is 69.9 Å². The van der Waals surface area contributed by atoms with E-state index in [1.165, 1.54) is 18.2 Å². The van der Waals surface area contributed by atoms with Gasteiger partial charge in [0.25, 0.3) is 0 Å². The number of halogens is 3. The third-order valence-corrected chi connectivity index (χ3v) is 8.72. The molecular weight excluding hydrogens is 603 g/mol. The van der Waals surface area contributed by atoms with Crippen molar-refractivity contribution >= 4 is 23.0 Å². The van der Waals surface area contributed by atoms with E-state index in [9.17, 15) is 23.1 Å². The van der Waals surface area contributed by atoms with Crippen molar-refractivity contribution in [2.75, 3.05) is 18.6 Å². The highest BCUT2D eigenvalue weighted by molar-refractivity contribution is 5.96. The van der Waals surface area contributed by atoms with Crippen LogP contribution in [0.1, 0.15) is 65.2 Å². The quantitative estimate of drug-likeness (QED) is 0.203. The summed E-state index contributed by atoms with van der Waals surface area (Å²) in [5.41, 5.74) is 1.84. The summed E-state index contributed by atoms with van der Waals surface area (Å²) in [4.78, 5) is 23.3. The van der Waals surface area contributed by atoms with Gasteiger partial charge in [0.15, 0.2) is 5.75 Å². The molecular formula is C33H32F3N5O5. The molecule has 10 nitrogen and oxygen atoms in total. The largest absolute Gasteiger partial charge is 0.478 e. The summed E-state index contributed by atoms with van der Waals surface area (Å²) in [7, 11) is 1.91. The van der Waals surface area contributed by atoms with E-state index in [0.717, 1.165) is 43.9 Å². The molecule has 13 heteroatoms. The van der Waals surface area contributed by atoms with Gasteiger partial charge in [-0.1, -0.05) is 12.1 Å². The van der Waals surface area contributed by atoms with E-state index in [-0.39, 0.29) is 47.1 Å². The van der Waals surface area contributed by atoms with Crippen LogP contribution in [-0.4, -0.2) is 58.0 Å². The van der Waals surface area contributed by atoms with Crippen LogP contribution in [0, 0.1) is 17.1 Å². The molecule has 2 aromatic carbocycles. The molecule has 6 rings (SSSR count). The predicted octanol–water partition coefficient (Wildman–Crippen LogP) is 6.27. The Balaban J connectivity index is 1.18. The van der Waals surface area contributed by atoms with Gasteiger partial charge in [0.05, 0.1) is 35.4 Å². The molecule has 1 aliphatic carbocycles. The van der Waals surface area contributed by atoms with Crippen molar-refractivity contribution in [1.29, 1.82) is 5.26 Å². The smallest absolute Gasteiger partial charge is 0.387 e. The number of carboxylic acids is 1. The Hall–Kier alpha value is -4.83. The standard InChI is InChI=1S/C33H32F3N5O5/c1-40(33-39-30-27(41(33)17-24-11-12-44-24)14-22(31(42)43)15-28(30)46-32(35)36)23-9-7-20(8-10-23)26-3-2-4-29(38-26)45-18-21-6-5-19(16-37)13-25(21)34/h2-6,13-15,20,23-24,32H,7-12,17-18H2,1H3,(H,42,43)/t20?,23?,24-/m0/s1. The van der Waals surface area contributed by atoms with Crippen molar-refractivity contribution in [3.05, 3.63) is 76.7 Å². The van der Waals surface area contributed by atoms with Gasteiger partial charge in [0.2, 0.25) is 11.8 Å². The van der Waals surface area contributed by atoms with Crippen LogP contribution < -0.4 is 14.4 Å². The Morgan fingerprint density at radius 3 is 2.59 bits per heavy atom. The third-order valence-electron chi connectivity index (χ3n) is 8.72. The zero-order valence-electron chi connectivity index (χ0n) is 25.0. The molecule has 1 atom stereocenters. The minimum absolute atomic E-state index is 0.0174. The molecule has 2 fully saturated rings. The third kappa shape index (κ3) is 6.57. The summed E-state index contributed by atoms with van der Waals surface area (Å²) in [6.45, 7) is -2.14. The van der Waals surface area contributed by atoms with E-state index in [0.29, 0.717) is 36.1 Å². The Labute approximate surface area is 262 Å². The molecule has 0 amide bonds. The SMILES string of the molecule is CN(c1nc2c(OC(F)F)cc(C(=O)O)cc2n1C[C@@H]1CCO1)C1CCC(c2cccc(OCc3ccc(C#N)cc3F)n2)CC1. The zero-order chi connectivity index (χ0) is 32.4. The summed E-state index contributed by atoms with van der Waals surface area (Å²) in [6.07, 6.45) is 3.98. The maximum absolute atomic E-state index is 14.3. The highest BCUT2D eigenvalue weighted by atomic mass is 19.3. The van der Waals surface area contributed by atoms with Crippen LogP contribution in [0.4, 0.5) is 19.1 Å². The predicted molar refractivity (Wildman–Crippen MR) is 161 cm³/mol. The van der Waals surface area contributed by atoms with Gasteiger partial charge < -0.3 is 28.8 Å². The maximum Gasteiger partial charge on any atom is 0.387 e. The number of rotatable bonds is 11. The lowest BCUT2D eigenvalue weighted by molar-refractivity contribution is -0.0585. The lowest BCUT2D eigenvalue weighted by Crippen LogP contribution is -2.38. The lowest BCUT2D eigenvalue weighted by atomic mass is 9.83. The molecule has 0 spiro atoms. The average molecular weight is 636 g/mol. The number of nitriles is 1. The number of aromatic carboxylic acids is 1. The Morgan fingerprint density at radius 1 is 1.15 bits per heavy atom. The number of hydrogen-bond acceptors (Lipinski definition) is 8. The topological polar surface area (TPSA) is 123 Å². The first kappa shape index (κ1) is 31.2. The van der Waals surface area contributed by atoms with E-state index in [1.807, 2.05) is 34.7 Å². The van der Waals surface area contributed by atoms with Gasteiger partial charge in [0, 0.05) is 42.9 Å². The van der Waals surface area contributed by atoms with Crippen LogP contribution >= 0.6 is 0 Å². The number of anilines is 1. The highest BCUT2D eigenvalue weighted by Crippen LogP contribution is 2.38. The Kier molecular flexibility index (Phi) is 8.99. The van der Waals surface area contributed by atoms with Gasteiger partial charge in [-0.15, -0.1) is 0 Å². The molecule has 0 radical (unpaired) electrons. The number of aromatic nitrogens is 3. The minimum atomic E-state index is -3.14. The van der Waals surface area contributed by atoms with Crippen molar-refractivity contribution in [2.24, 2.45) is 0 Å². The van der Waals surface area contributed by atoms with Crippen LogP contribution in [0.15, 0.2) is 48.5 Å². The summed E-state index contributed by atoms with van der Waals surface area (Å²) < 4.78 is 58.9. The maximum atomic E-state index is 14.3. The summed E-state index contributed by atoms with van der Waals surface area (Å²) in [6, 6.07) is 14.3. The van der Waals surface area contributed by atoms with E-state index in [1.54, 1.807) is 12.1 Å². The zero-order valence-corrected chi connectivity index (χ0v) is 25.0. The number of imidazole rings is 1. The summed E-state index contributed by atoms with van der Waals surface area (Å²) in [5.74, 6) is -0.968. The van der Waals surface area contributed by atoms with Crippen molar-refractivity contribution < 1.29 is 37.3 Å². The molecule has 240 valence electrons. The van der Waals surface area contributed by atoms with E-state index < -0.39 is 18.4 Å². The first-order chi connectivity index (χ1) is 22.2. The second-order valence-electron chi connectivity index (χ2n) is 11.6. The number of nitrogens with zero attached hydrogens (tertiary/aromatic N) is 5. The summed E-state index contributed by atoms with van der Waals surface area (Å²) >= 11 is 0. The Morgan fingerprint density at radius 2 is 1.93 bits per heavy atom. The van der Waals surface area contributed by atoms with Gasteiger partial charge >= 0.3 is 12.6 Å². The molecule has 1 aliphatic heterocycles. The first-order valence-electron chi connectivity index (χ1n) is 15.0.